The van der Waals surface area contributed by atoms with E-state index in [1.54, 1.807) is 0 Å². The van der Waals surface area contributed by atoms with Crippen molar-refractivity contribution in [2.75, 3.05) is 26.4 Å². The van der Waals surface area contributed by atoms with Gasteiger partial charge in [0.05, 0.1) is 37.1 Å². The standard InChI is InChI=1S/C16H27N3O4/c1-10(2)19-12(4)15(11(3)18-19)16(21)17-13-5-7-22-9-14(13)23-8-6-20/h10,13-14,20H,5-9H2,1-4H3,(H,17,21)/t13-,14-/m1/s1. The van der Waals surface area contributed by atoms with Crippen LogP contribution in [0.1, 0.15) is 48.1 Å². The molecule has 2 rings (SSSR count). The Morgan fingerprint density at radius 1 is 1.52 bits per heavy atom. The first-order valence-electron chi connectivity index (χ1n) is 8.12. The molecule has 0 bridgehead atoms. The molecule has 130 valence electrons. The highest BCUT2D eigenvalue weighted by molar-refractivity contribution is 5.96. The van der Waals surface area contributed by atoms with E-state index in [4.69, 9.17) is 14.6 Å². The topological polar surface area (TPSA) is 85.6 Å². The Labute approximate surface area is 137 Å². The van der Waals surface area contributed by atoms with E-state index in [0.29, 0.717) is 25.2 Å². The first-order chi connectivity index (χ1) is 11.0. The zero-order valence-electron chi connectivity index (χ0n) is 14.3. The Hall–Kier alpha value is -1.44. The van der Waals surface area contributed by atoms with E-state index in [-0.39, 0.29) is 37.3 Å². The summed E-state index contributed by atoms with van der Waals surface area (Å²) in [6.07, 6.45) is 0.457. The summed E-state index contributed by atoms with van der Waals surface area (Å²) >= 11 is 0. The lowest BCUT2D eigenvalue weighted by Crippen LogP contribution is -2.50. The number of hydrogen-bond donors (Lipinski definition) is 2. The number of aryl methyl sites for hydroxylation is 1. The first kappa shape index (κ1) is 17.9. The first-order valence-corrected chi connectivity index (χ1v) is 8.12. The molecule has 2 heterocycles. The molecule has 0 aliphatic carbocycles. The van der Waals surface area contributed by atoms with Crippen molar-refractivity contribution in [2.45, 2.75) is 52.3 Å². The molecule has 1 aromatic heterocycles. The highest BCUT2D eigenvalue weighted by Gasteiger charge is 2.30. The molecule has 1 aliphatic rings. The number of nitrogens with zero attached hydrogens (tertiary/aromatic N) is 2. The monoisotopic (exact) mass is 325 g/mol. The lowest BCUT2D eigenvalue weighted by Gasteiger charge is -2.32. The predicted octanol–water partition coefficient (Wildman–Crippen LogP) is 0.977. The van der Waals surface area contributed by atoms with Crippen LogP contribution in [0.5, 0.6) is 0 Å². The zero-order valence-corrected chi connectivity index (χ0v) is 14.3. The van der Waals surface area contributed by atoms with Gasteiger partial charge in [-0.15, -0.1) is 0 Å². The number of aliphatic hydroxyl groups is 1. The molecule has 0 spiro atoms. The smallest absolute Gasteiger partial charge is 0.255 e. The molecule has 1 amide bonds. The number of carbonyl (C=O) groups excluding carboxylic acids is 1. The van der Waals surface area contributed by atoms with Gasteiger partial charge < -0.3 is 19.9 Å². The Bertz CT molecular complexity index is 542. The maximum atomic E-state index is 12.7. The zero-order chi connectivity index (χ0) is 17.0. The van der Waals surface area contributed by atoms with Crippen LogP contribution >= 0.6 is 0 Å². The van der Waals surface area contributed by atoms with Crippen molar-refractivity contribution in [2.24, 2.45) is 0 Å². The van der Waals surface area contributed by atoms with Crippen LogP contribution in [-0.4, -0.2) is 59.4 Å². The predicted molar refractivity (Wildman–Crippen MR) is 85.6 cm³/mol. The quantitative estimate of drug-likeness (QED) is 0.814. The summed E-state index contributed by atoms with van der Waals surface area (Å²) in [7, 11) is 0. The fourth-order valence-electron chi connectivity index (χ4n) is 2.98. The number of aromatic nitrogens is 2. The van der Waals surface area contributed by atoms with Crippen LogP contribution in [0.3, 0.4) is 0 Å². The fraction of sp³-hybridized carbons (Fsp3) is 0.750. The molecule has 1 aliphatic heterocycles. The number of nitrogens with one attached hydrogen (secondary N) is 1. The molecule has 0 radical (unpaired) electrons. The normalized spacial score (nSPS) is 21.7. The molecule has 7 nitrogen and oxygen atoms in total. The Kier molecular flexibility index (Phi) is 6.15. The summed E-state index contributed by atoms with van der Waals surface area (Å²) in [6.45, 7) is 9.06. The van der Waals surface area contributed by atoms with Gasteiger partial charge in [0.1, 0.15) is 6.10 Å². The van der Waals surface area contributed by atoms with Gasteiger partial charge >= 0.3 is 0 Å². The van der Waals surface area contributed by atoms with E-state index < -0.39 is 0 Å². The molecule has 2 N–H and O–H groups in total. The number of carbonyl (C=O) groups is 1. The summed E-state index contributed by atoms with van der Waals surface area (Å²) < 4.78 is 12.8. The minimum atomic E-state index is -0.236. The number of amides is 1. The van der Waals surface area contributed by atoms with E-state index in [1.807, 2.05) is 32.4 Å². The van der Waals surface area contributed by atoms with Crippen molar-refractivity contribution in [1.82, 2.24) is 15.1 Å². The van der Waals surface area contributed by atoms with Gasteiger partial charge in [-0.2, -0.15) is 5.10 Å². The number of rotatable bonds is 6. The van der Waals surface area contributed by atoms with Crippen LogP contribution < -0.4 is 5.32 Å². The van der Waals surface area contributed by atoms with Crippen LogP contribution in [0.25, 0.3) is 0 Å². The van der Waals surface area contributed by atoms with Crippen molar-refractivity contribution in [1.29, 1.82) is 0 Å². The third-order valence-corrected chi connectivity index (χ3v) is 4.08. The van der Waals surface area contributed by atoms with E-state index in [1.165, 1.54) is 0 Å². The van der Waals surface area contributed by atoms with Gasteiger partial charge in [0.25, 0.3) is 5.91 Å². The van der Waals surface area contributed by atoms with Gasteiger partial charge in [0.15, 0.2) is 0 Å². The van der Waals surface area contributed by atoms with Gasteiger partial charge in [-0.3, -0.25) is 9.48 Å². The second-order valence-electron chi connectivity index (χ2n) is 6.16. The molecule has 2 atom stereocenters. The fourth-order valence-corrected chi connectivity index (χ4v) is 2.98. The van der Waals surface area contributed by atoms with Crippen LogP contribution in [0.15, 0.2) is 0 Å². The van der Waals surface area contributed by atoms with Crippen LogP contribution in [0, 0.1) is 13.8 Å². The van der Waals surface area contributed by atoms with Gasteiger partial charge in [0, 0.05) is 18.3 Å². The third-order valence-electron chi connectivity index (χ3n) is 4.08. The SMILES string of the molecule is Cc1nn(C(C)C)c(C)c1C(=O)N[C@@H]1CCOC[C@H]1OCCO. The molecule has 1 fully saturated rings. The summed E-state index contributed by atoms with van der Waals surface area (Å²) in [5.41, 5.74) is 2.23. The molecule has 0 saturated carbocycles. The van der Waals surface area contributed by atoms with Crippen LogP contribution in [-0.2, 0) is 9.47 Å². The van der Waals surface area contributed by atoms with E-state index in [9.17, 15) is 4.79 Å². The number of ether oxygens (including phenoxy) is 2. The Balaban J connectivity index is 2.11. The molecule has 7 heteroatoms. The largest absolute Gasteiger partial charge is 0.394 e. The summed E-state index contributed by atoms with van der Waals surface area (Å²) in [6, 6.07) is 0.0861. The van der Waals surface area contributed by atoms with Gasteiger partial charge in [-0.1, -0.05) is 0 Å². The lowest BCUT2D eigenvalue weighted by molar-refractivity contribution is -0.0737. The molecule has 1 saturated heterocycles. The van der Waals surface area contributed by atoms with Gasteiger partial charge in [-0.25, -0.2) is 0 Å². The molecule has 1 aromatic rings. The second kappa shape index (κ2) is 7.90. The van der Waals surface area contributed by atoms with Crippen molar-refractivity contribution < 1.29 is 19.4 Å². The van der Waals surface area contributed by atoms with Crippen molar-refractivity contribution in [3.05, 3.63) is 17.0 Å². The number of aliphatic hydroxyl groups excluding tert-OH is 1. The highest BCUT2D eigenvalue weighted by atomic mass is 16.5. The summed E-state index contributed by atoms with van der Waals surface area (Å²) in [5, 5.41) is 16.4. The van der Waals surface area contributed by atoms with Gasteiger partial charge in [-0.05, 0) is 34.1 Å². The highest BCUT2D eigenvalue weighted by Crippen LogP contribution is 2.19. The molecular formula is C16H27N3O4. The molecule has 0 aromatic carbocycles. The van der Waals surface area contributed by atoms with Crippen LogP contribution in [0.4, 0.5) is 0 Å². The minimum absolute atomic E-state index is 0.0451. The van der Waals surface area contributed by atoms with Gasteiger partial charge in [0.2, 0.25) is 0 Å². The Morgan fingerprint density at radius 3 is 2.87 bits per heavy atom. The molecule has 0 unspecified atom stereocenters. The van der Waals surface area contributed by atoms with Crippen molar-refractivity contribution in [3.63, 3.8) is 0 Å². The minimum Gasteiger partial charge on any atom is -0.394 e. The lowest BCUT2D eigenvalue weighted by atomic mass is 10.0. The van der Waals surface area contributed by atoms with E-state index in [0.717, 1.165) is 11.4 Å². The summed E-state index contributed by atoms with van der Waals surface area (Å²) in [5.74, 6) is -0.128. The average Bonchev–Trinajstić information content (AvgIpc) is 2.81. The molecular weight excluding hydrogens is 298 g/mol. The maximum Gasteiger partial charge on any atom is 0.255 e. The van der Waals surface area contributed by atoms with Crippen molar-refractivity contribution >= 4 is 5.91 Å². The van der Waals surface area contributed by atoms with Crippen LogP contribution in [0.2, 0.25) is 0 Å². The maximum absolute atomic E-state index is 12.7. The van der Waals surface area contributed by atoms with E-state index in [2.05, 4.69) is 10.4 Å². The Morgan fingerprint density at radius 2 is 2.26 bits per heavy atom. The second-order valence-corrected chi connectivity index (χ2v) is 6.16. The van der Waals surface area contributed by atoms with Crippen molar-refractivity contribution in [3.8, 4) is 0 Å². The summed E-state index contributed by atoms with van der Waals surface area (Å²) in [4.78, 5) is 12.7. The average molecular weight is 325 g/mol. The number of hydrogen-bond acceptors (Lipinski definition) is 5. The third kappa shape index (κ3) is 4.10. The van der Waals surface area contributed by atoms with E-state index >= 15 is 0 Å². The molecule has 23 heavy (non-hydrogen) atoms.